The van der Waals surface area contributed by atoms with Crippen LogP contribution in [-0.4, -0.2) is 60.4 Å². The molecule has 1 aromatic rings. The van der Waals surface area contributed by atoms with Crippen molar-refractivity contribution in [2.24, 2.45) is 11.1 Å². The SMILES string of the molecule is CN[C@@H](C)C(=O)N[C@H](C(=O)N1C[C@@H](N)C[C@H]1C(=O)N[C@@H]1CCCc2ccccc21)C(C)(C)C.Cl.Cl. The van der Waals surface area contributed by atoms with Crippen molar-refractivity contribution in [1.29, 1.82) is 0 Å². The molecule has 35 heavy (non-hydrogen) atoms. The standard InChI is InChI=1S/C25H39N5O3.2ClH/c1-15(27-5)22(31)29-21(25(2,3)4)24(33)30-14-17(26)13-20(30)23(32)28-19-12-8-10-16-9-6-7-11-18(16)19;;/h6-7,9,11,15,17,19-21,27H,8,10,12-14,26H2,1-5H3,(H,28,32)(H,29,31);2*1H/t15-,17-,19+,20-,21+;;/m0../s1. The van der Waals surface area contributed by atoms with Crippen LogP contribution in [-0.2, 0) is 20.8 Å². The first-order chi connectivity index (χ1) is 15.5. The van der Waals surface area contributed by atoms with E-state index in [2.05, 4.69) is 28.1 Å². The fourth-order valence-electron chi connectivity index (χ4n) is 4.75. The van der Waals surface area contributed by atoms with Crippen molar-refractivity contribution in [1.82, 2.24) is 20.9 Å². The summed E-state index contributed by atoms with van der Waals surface area (Å²) in [5, 5.41) is 8.97. The second-order valence-electron chi connectivity index (χ2n) is 10.5. The number of carbonyl (C=O) groups is 3. The number of nitrogens with one attached hydrogen (secondary N) is 3. The Labute approximate surface area is 221 Å². The molecule has 0 bridgehead atoms. The minimum atomic E-state index is -0.767. The third-order valence-corrected chi connectivity index (χ3v) is 6.83. The second-order valence-corrected chi connectivity index (χ2v) is 10.5. The molecule has 3 amide bonds. The molecule has 1 aromatic carbocycles. The third kappa shape index (κ3) is 7.32. The van der Waals surface area contributed by atoms with Gasteiger partial charge in [0.25, 0.3) is 0 Å². The zero-order valence-corrected chi connectivity index (χ0v) is 22.9. The number of hydrogen-bond acceptors (Lipinski definition) is 5. The van der Waals surface area contributed by atoms with Gasteiger partial charge in [-0.05, 0) is 56.2 Å². The summed E-state index contributed by atoms with van der Waals surface area (Å²) < 4.78 is 0. The van der Waals surface area contributed by atoms with Gasteiger partial charge in [-0.3, -0.25) is 14.4 Å². The smallest absolute Gasteiger partial charge is 0.246 e. The van der Waals surface area contributed by atoms with Crippen LogP contribution in [0.4, 0.5) is 0 Å². The molecule has 0 spiro atoms. The summed E-state index contributed by atoms with van der Waals surface area (Å²) in [6.07, 6.45) is 3.30. The summed E-state index contributed by atoms with van der Waals surface area (Å²) in [6.45, 7) is 7.75. The van der Waals surface area contributed by atoms with Crippen LogP contribution in [0.2, 0.25) is 0 Å². The van der Waals surface area contributed by atoms with Crippen molar-refractivity contribution in [3.8, 4) is 0 Å². The summed E-state index contributed by atoms with van der Waals surface area (Å²) in [5.74, 6) is -0.703. The van der Waals surface area contributed by atoms with E-state index in [0.29, 0.717) is 13.0 Å². The highest BCUT2D eigenvalue weighted by molar-refractivity contribution is 5.94. The van der Waals surface area contributed by atoms with Crippen LogP contribution in [0.25, 0.3) is 0 Å². The predicted octanol–water partition coefficient (Wildman–Crippen LogP) is 2.09. The molecule has 8 nitrogen and oxygen atoms in total. The number of rotatable bonds is 6. The van der Waals surface area contributed by atoms with E-state index in [1.807, 2.05) is 32.9 Å². The Kier molecular flexibility index (Phi) is 11.5. The van der Waals surface area contributed by atoms with Gasteiger partial charge in [0.2, 0.25) is 17.7 Å². The topological polar surface area (TPSA) is 117 Å². The van der Waals surface area contributed by atoms with Gasteiger partial charge >= 0.3 is 0 Å². The molecule has 3 rings (SSSR count). The van der Waals surface area contributed by atoms with E-state index >= 15 is 0 Å². The number of benzene rings is 1. The fourth-order valence-corrected chi connectivity index (χ4v) is 4.75. The van der Waals surface area contributed by atoms with E-state index in [9.17, 15) is 14.4 Å². The van der Waals surface area contributed by atoms with Crippen LogP contribution >= 0.6 is 24.8 Å². The molecule has 1 fully saturated rings. The Hall–Kier alpha value is -1.87. The quantitative estimate of drug-likeness (QED) is 0.450. The van der Waals surface area contributed by atoms with Gasteiger partial charge in [0.15, 0.2) is 0 Å². The largest absolute Gasteiger partial charge is 0.347 e. The molecule has 0 saturated carbocycles. The van der Waals surface area contributed by atoms with Gasteiger partial charge in [0, 0.05) is 12.6 Å². The molecular weight excluding hydrogens is 489 g/mol. The average Bonchev–Trinajstić information content (AvgIpc) is 3.17. The van der Waals surface area contributed by atoms with Crippen LogP contribution < -0.4 is 21.7 Å². The van der Waals surface area contributed by atoms with Gasteiger partial charge < -0.3 is 26.6 Å². The van der Waals surface area contributed by atoms with E-state index in [4.69, 9.17) is 5.73 Å². The van der Waals surface area contributed by atoms with Crippen LogP contribution in [0.3, 0.4) is 0 Å². The maximum Gasteiger partial charge on any atom is 0.246 e. The summed E-state index contributed by atoms with van der Waals surface area (Å²) in [5.41, 5.74) is 8.09. The highest BCUT2D eigenvalue weighted by Gasteiger charge is 2.44. The molecule has 5 N–H and O–H groups in total. The van der Waals surface area contributed by atoms with Crippen LogP contribution in [0.5, 0.6) is 0 Å². The number of halogens is 2. The fraction of sp³-hybridized carbons (Fsp3) is 0.640. The number of likely N-dealkylation sites (N-methyl/N-ethyl adjacent to an activating group) is 1. The lowest BCUT2D eigenvalue weighted by Crippen LogP contribution is -2.59. The van der Waals surface area contributed by atoms with Gasteiger partial charge in [-0.2, -0.15) is 0 Å². The predicted molar refractivity (Wildman–Crippen MR) is 143 cm³/mol. The molecule has 0 radical (unpaired) electrons. The van der Waals surface area contributed by atoms with E-state index in [1.54, 1.807) is 18.9 Å². The first kappa shape index (κ1) is 31.2. The number of aryl methyl sites for hydroxylation is 1. The van der Waals surface area contributed by atoms with E-state index in [-0.39, 0.29) is 54.6 Å². The lowest BCUT2D eigenvalue weighted by molar-refractivity contribution is -0.144. The Morgan fingerprint density at radius 2 is 1.80 bits per heavy atom. The number of likely N-dealkylation sites (tertiary alicyclic amines) is 1. The number of amides is 3. The van der Waals surface area contributed by atoms with Crippen LogP contribution in [0.15, 0.2) is 24.3 Å². The minimum absolute atomic E-state index is 0. The summed E-state index contributed by atoms with van der Waals surface area (Å²) in [6, 6.07) is 5.99. The highest BCUT2D eigenvalue weighted by atomic mass is 35.5. The Balaban J connectivity index is 0.00000306. The molecule has 2 aliphatic rings. The van der Waals surface area contributed by atoms with Crippen molar-refractivity contribution >= 4 is 42.5 Å². The number of nitrogens with zero attached hydrogens (tertiary/aromatic N) is 1. The lowest BCUT2D eigenvalue weighted by Gasteiger charge is -2.36. The van der Waals surface area contributed by atoms with Crippen molar-refractivity contribution in [2.45, 2.75) is 83.6 Å². The minimum Gasteiger partial charge on any atom is -0.347 e. The monoisotopic (exact) mass is 529 g/mol. The zero-order valence-electron chi connectivity index (χ0n) is 21.3. The van der Waals surface area contributed by atoms with Gasteiger partial charge in [-0.15, -0.1) is 24.8 Å². The Morgan fingerprint density at radius 3 is 2.43 bits per heavy atom. The number of fused-ring (bicyclic) bond motifs is 1. The third-order valence-electron chi connectivity index (χ3n) is 6.83. The Morgan fingerprint density at radius 1 is 1.14 bits per heavy atom. The van der Waals surface area contributed by atoms with E-state index < -0.39 is 23.5 Å². The molecule has 1 aliphatic carbocycles. The van der Waals surface area contributed by atoms with Crippen molar-refractivity contribution < 1.29 is 14.4 Å². The molecule has 1 heterocycles. The number of nitrogens with two attached hydrogens (primary N) is 1. The first-order valence-corrected chi connectivity index (χ1v) is 11.9. The van der Waals surface area contributed by atoms with Gasteiger partial charge in [-0.1, -0.05) is 45.0 Å². The van der Waals surface area contributed by atoms with E-state index in [1.165, 1.54) is 5.56 Å². The van der Waals surface area contributed by atoms with Gasteiger partial charge in [0.05, 0.1) is 12.1 Å². The lowest BCUT2D eigenvalue weighted by atomic mass is 9.85. The molecule has 0 unspecified atom stereocenters. The summed E-state index contributed by atoms with van der Waals surface area (Å²) in [7, 11) is 1.70. The molecule has 10 heteroatoms. The molecule has 0 aromatic heterocycles. The van der Waals surface area contributed by atoms with Gasteiger partial charge in [-0.25, -0.2) is 0 Å². The molecular formula is C25H41Cl2N5O3. The molecule has 1 aliphatic heterocycles. The van der Waals surface area contributed by atoms with E-state index in [0.717, 1.165) is 24.8 Å². The van der Waals surface area contributed by atoms with Crippen molar-refractivity contribution in [2.75, 3.05) is 13.6 Å². The summed E-state index contributed by atoms with van der Waals surface area (Å²) >= 11 is 0. The van der Waals surface area contributed by atoms with Crippen molar-refractivity contribution in [3.63, 3.8) is 0 Å². The van der Waals surface area contributed by atoms with Crippen LogP contribution in [0.1, 0.15) is 64.1 Å². The number of carbonyl (C=O) groups excluding carboxylic acids is 3. The highest BCUT2D eigenvalue weighted by Crippen LogP contribution is 2.31. The summed E-state index contributed by atoms with van der Waals surface area (Å²) in [4.78, 5) is 41.1. The van der Waals surface area contributed by atoms with Gasteiger partial charge in [0.1, 0.15) is 12.1 Å². The molecule has 198 valence electrons. The Bertz CT molecular complexity index is 892. The first-order valence-electron chi connectivity index (χ1n) is 11.9. The molecule has 1 saturated heterocycles. The second kappa shape index (κ2) is 12.9. The van der Waals surface area contributed by atoms with Crippen LogP contribution in [0, 0.1) is 5.41 Å². The van der Waals surface area contributed by atoms with Crippen molar-refractivity contribution in [3.05, 3.63) is 35.4 Å². The molecule has 5 atom stereocenters. The number of hydrogen-bond donors (Lipinski definition) is 4. The maximum atomic E-state index is 13.6. The zero-order chi connectivity index (χ0) is 24.3. The maximum absolute atomic E-state index is 13.6. The average molecular weight is 531 g/mol. The normalized spacial score (nSPS) is 23.1.